The number of rotatable bonds is 4. The molecule has 0 saturated heterocycles. The summed E-state index contributed by atoms with van der Waals surface area (Å²) in [5.74, 6) is 0.929. The monoisotopic (exact) mass is 370 g/mol. The molecular weight excluding hydrogens is 356 g/mol. The number of aliphatic hydroxyl groups excluding tert-OH is 1. The van der Waals surface area contributed by atoms with Crippen molar-refractivity contribution in [3.8, 4) is 11.5 Å². The van der Waals surface area contributed by atoms with Crippen molar-refractivity contribution in [3.05, 3.63) is 56.5 Å². The zero-order valence-electron chi connectivity index (χ0n) is 12.0. The molecule has 0 fully saturated rings. The van der Waals surface area contributed by atoms with Crippen LogP contribution in [0.25, 0.3) is 0 Å². The van der Waals surface area contributed by atoms with Gasteiger partial charge in [0, 0.05) is 10.0 Å². The second kappa shape index (κ2) is 6.69. The van der Waals surface area contributed by atoms with E-state index in [1.54, 1.807) is 12.1 Å². The summed E-state index contributed by atoms with van der Waals surface area (Å²) in [5.41, 5.74) is 2.37. The molecule has 3 nitrogen and oxygen atoms in total. The van der Waals surface area contributed by atoms with Gasteiger partial charge in [0.05, 0.1) is 14.2 Å². The second-order valence-electron chi connectivity index (χ2n) is 4.56. The molecule has 0 aliphatic heterocycles. The highest BCUT2D eigenvalue weighted by Crippen LogP contribution is 2.41. The summed E-state index contributed by atoms with van der Waals surface area (Å²) in [4.78, 5) is 0. The van der Waals surface area contributed by atoms with Crippen molar-refractivity contribution in [2.45, 2.75) is 13.0 Å². The molecule has 0 amide bonds. The molecule has 0 heterocycles. The molecule has 2 rings (SSSR count). The van der Waals surface area contributed by atoms with Crippen LogP contribution in [0.4, 0.5) is 0 Å². The normalized spacial score (nSPS) is 12.1. The van der Waals surface area contributed by atoms with Gasteiger partial charge in [0.25, 0.3) is 0 Å². The van der Waals surface area contributed by atoms with Gasteiger partial charge >= 0.3 is 0 Å². The van der Waals surface area contributed by atoms with Gasteiger partial charge in [-0.3, -0.25) is 0 Å². The average Bonchev–Trinajstić information content (AvgIpc) is 2.49. The van der Waals surface area contributed by atoms with E-state index in [4.69, 9.17) is 21.1 Å². The molecule has 0 aliphatic carbocycles. The van der Waals surface area contributed by atoms with Gasteiger partial charge in [-0.05, 0) is 36.2 Å². The fourth-order valence-electron chi connectivity index (χ4n) is 2.22. The first kappa shape index (κ1) is 16.1. The van der Waals surface area contributed by atoms with Crippen molar-refractivity contribution >= 4 is 27.5 Å². The quantitative estimate of drug-likeness (QED) is 0.859. The Morgan fingerprint density at radius 3 is 2.43 bits per heavy atom. The van der Waals surface area contributed by atoms with E-state index in [1.807, 2.05) is 25.1 Å². The molecule has 0 bridgehead atoms. The second-order valence-corrected chi connectivity index (χ2v) is 5.79. The lowest BCUT2D eigenvalue weighted by molar-refractivity contribution is 0.213. The molecule has 5 heteroatoms. The van der Waals surface area contributed by atoms with Gasteiger partial charge in [0.15, 0.2) is 0 Å². The van der Waals surface area contributed by atoms with Gasteiger partial charge in [0.1, 0.15) is 22.6 Å². The SMILES string of the molecule is COc1ccc(C(O)c2cccc(Br)c2C)c(OC)c1Cl. The van der Waals surface area contributed by atoms with Gasteiger partial charge in [-0.1, -0.05) is 39.7 Å². The zero-order chi connectivity index (χ0) is 15.6. The molecule has 1 atom stereocenters. The Balaban J connectivity index is 2.56. The van der Waals surface area contributed by atoms with Crippen LogP contribution in [0.2, 0.25) is 5.02 Å². The lowest BCUT2D eigenvalue weighted by atomic mass is 9.96. The van der Waals surface area contributed by atoms with Crippen molar-refractivity contribution in [1.29, 1.82) is 0 Å². The number of aliphatic hydroxyl groups is 1. The number of halogens is 2. The minimum Gasteiger partial charge on any atom is -0.495 e. The van der Waals surface area contributed by atoms with E-state index in [0.717, 1.165) is 15.6 Å². The van der Waals surface area contributed by atoms with Crippen molar-refractivity contribution in [3.63, 3.8) is 0 Å². The van der Waals surface area contributed by atoms with Crippen LogP contribution >= 0.6 is 27.5 Å². The van der Waals surface area contributed by atoms with E-state index < -0.39 is 6.10 Å². The van der Waals surface area contributed by atoms with Crippen molar-refractivity contribution in [2.75, 3.05) is 14.2 Å². The molecule has 0 aromatic heterocycles. The summed E-state index contributed by atoms with van der Waals surface area (Å²) >= 11 is 9.72. The third kappa shape index (κ3) is 3.03. The van der Waals surface area contributed by atoms with Gasteiger partial charge < -0.3 is 14.6 Å². The minimum atomic E-state index is -0.833. The van der Waals surface area contributed by atoms with E-state index >= 15 is 0 Å². The van der Waals surface area contributed by atoms with Crippen LogP contribution < -0.4 is 9.47 Å². The lowest BCUT2D eigenvalue weighted by Crippen LogP contribution is -2.05. The number of methoxy groups -OCH3 is 2. The summed E-state index contributed by atoms with van der Waals surface area (Å²) < 4.78 is 11.5. The fraction of sp³-hybridized carbons (Fsp3) is 0.250. The van der Waals surface area contributed by atoms with Gasteiger partial charge in [-0.15, -0.1) is 0 Å². The number of benzene rings is 2. The minimum absolute atomic E-state index is 0.351. The molecule has 0 saturated carbocycles. The highest BCUT2D eigenvalue weighted by atomic mass is 79.9. The largest absolute Gasteiger partial charge is 0.495 e. The first-order valence-corrected chi connectivity index (χ1v) is 7.51. The Kier molecular flexibility index (Phi) is 5.14. The molecular formula is C16H16BrClO3. The highest BCUT2D eigenvalue weighted by molar-refractivity contribution is 9.10. The maximum absolute atomic E-state index is 10.7. The van der Waals surface area contributed by atoms with Crippen molar-refractivity contribution < 1.29 is 14.6 Å². The van der Waals surface area contributed by atoms with E-state index in [9.17, 15) is 5.11 Å². The summed E-state index contributed by atoms with van der Waals surface area (Å²) in [6.45, 7) is 1.94. The first-order chi connectivity index (χ1) is 10.0. The van der Waals surface area contributed by atoms with Crippen LogP contribution in [0.3, 0.4) is 0 Å². The summed E-state index contributed by atoms with van der Waals surface area (Å²) in [7, 11) is 3.06. The fourth-order valence-corrected chi connectivity index (χ4v) is 2.93. The van der Waals surface area contributed by atoms with Crippen LogP contribution in [-0.4, -0.2) is 19.3 Å². The van der Waals surface area contributed by atoms with E-state index in [-0.39, 0.29) is 0 Å². The van der Waals surface area contributed by atoms with Gasteiger partial charge in [-0.2, -0.15) is 0 Å². The Morgan fingerprint density at radius 2 is 1.81 bits per heavy atom. The van der Waals surface area contributed by atoms with E-state index in [0.29, 0.717) is 22.1 Å². The molecule has 0 radical (unpaired) electrons. The summed E-state index contributed by atoms with van der Waals surface area (Å²) in [6, 6.07) is 9.17. The Bertz CT molecular complexity index is 658. The van der Waals surface area contributed by atoms with Crippen LogP contribution in [0, 0.1) is 6.92 Å². The third-order valence-corrected chi connectivity index (χ3v) is 4.63. The maximum Gasteiger partial charge on any atom is 0.147 e. The molecule has 2 aromatic carbocycles. The topological polar surface area (TPSA) is 38.7 Å². The standard InChI is InChI=1S/C16H16BrClO3/c1-9-10(5-4-6-12(9)17)15(19)11-7-8-13(20-2)14(18)16(11)21-3/h4-8,15,19H,1-3H3. The van der Waals surface area contributed by atoms with Gasteiger partial charge in [-0.25, -0.2) is 0 Å². The molecule has 21 heavy (non-hydrogen) atoms. The van der Waals surface area contributed by atoms with Crippen molar-refractivity contribution in [2.24, 2.45) is 0 Å². The average molecular weight is 372 g/mol. The lowest BCUT2D eigenvalue weighted by Gasteiger charge is -2.19. The van der Waals surface area contributed by atoms with E-state index in [1.165, 1.54) is 14.2 Å². The zero-order valence-corrected chi connectivity index (χ0v) is 14.3. The Labute approximate surface area is 137 Å². The number of hydrogen-bond acceptors (Lipinski definition) is 3. The number of ether oxygens (including phenoxy) is 2. The predicted molar refractivity (Wildman–Crippen MR) is 87.5 cm³/mol. The summed E-state index contributed by atoms with van der Waals surface area (Å²) in [5, 5.41) is 11.0. The number of hydrogen-bond donors (Lipinski definition) is 1. The highest BCUT2D eigenvalue weighted by Gasteiger charge is 2.22. The van der Waals surface area contributed by atoms with Gasteiger partial charge in [0.2, 0.25) is 0 Å². The van der Waals surface area contributed by atoms with E-state index in [2.05, 4.69) is 15.9 Å². The third-order valence-electron chi connectivity index (χ3n) is 3.41. The van der Waals surface area contributed by atoms with Crippen LogP contribution in [0.1, 0.15) is 22.8 Å². The molecule has 0 spiro atoms. The van der Waals surface area contributed by atoms with Crippen LogP contribution in [0.5, 0.6) is 11.5 Å². The van der Waals surface area contributed by atoms with Crippen LogP contribution in [0.15, 0.2) is 34.8 Å². The molecule has 2 aromatic rings. The maximum atomic E-state index is 10.7. The van der Waals surface area contributed by atoms with Crippen LogP contribution in [-0.2, 0) is 0 Å². The Morgan fingerprint density at radius 1 is 1.10 bits per heavy atom. The molecule has 112 valence electrons. The smallest absolute Gasteiger partial charge is 0.147 e. The molecule has 1 unspecified atom stereocenters. The first-order valence-electron chi connectivity index (χ1n) is 6.34. The van der Waals surface area contributed by atoms with Crippen molar-refractivity contribution in [1.82, 2.24) is 0 Å². The summed E-state index contributed by atoms with van der Waals surface area (Å²) in [6.07, 6.45) is -0.833. The predicted octanol–water partition coefficient (Wildman–Crippen LogP) is 4.51. The molecule has 0 aliphatic rings. The molecule has 1 N–H and O–H groups in total. The Hall–Kier alpha value is -1.23.